The molecule has 0 radical (unpaired) electrons. The predicted octanol–water partition coefficient (Wildman–Crippen LogP) is 3.55. The summed E-state index contributed by atoms with van der Waals surface area (Å²) < 4.78 is 1.45. The highest BCUT2D eigenvalue weighted by Crippen LogP contribution is 2.27. The SMILES string of the molecule is CNC(=O)[C@@H](C(C)C)n1ccc2c(NC(=O)C(C)C3C=CC(C#N)=CC3)cccc2c1=O. The lowest BCUT2D eigenvalue weighted by Crippen LogP contribution is -2.38. The van der Waals surface area contributed by atoms with E-state index in [1.54, 1.807) is 43.6 Å². The lowest BCUT2D eigenvalue weighted by Gasteiger charge is -2.23. The number of allylic oxidation sites excluding steroid dienone is 4. The summed E-state index contributed by atoms with van der Waals surface area (Å²) in [7, 11) is 1.55. The van der Waals surface area contributed by atoms with Gasteiger partial charge in [0.2, 0.25) is 11.8 Å². The fourth-order valence-corrected chi connectivity index (χ4v) is 4.05. The van der Waals surface area contributed by atoms with E-state index in [0.29, 0.717) is 28.5 Å². The van der Waals surface area contributed by atoms with E-state index < -0.39 is 6.04 Å². The molecule has 0 saturated heterocycles. The molecule has 7 nitrogen and oxygen atoms in total. The normalized spacial score (nSPS) is 17.4. The summed E-state index contributed by atoms with van der Waals surface area (Å²) in [5, 5.41) is 15.6. The number of nitrogens with one attached hydrogen (secondary N) is 2. The first-order valence-corrected chi connectivity index (χ1v) is 10.7. The topological polar surface area (TPSA) is 104 Å². The molecule has 0 aliphatic heterocycles. The van der Waals surface area contributed by atoms with Crippen molar-refractivity contribution < 1.29 is 9.59 Å². The highest BCUT2D eigenvalue weighted by molar-refractivity contribution is 6.02. The van der Waals surface area contributed by atoms with Crippen molar-refractivity contribution in [3.8, 4) is 6.07 Å². The van der Waals surface area contributed by atoms with Crippen LogP contribution in [0.1, 0.15) is 33.2 Å². The van der Waals surface area contributed by atoms with Gasteiger partial charge in [-0.2, -0.15) is 5.26 Å². The number of pyridine rings is 1. The predicted molar refractivity (Wildman–Crippen MR) is 125 cm³/mol. The second-order valence-electron chi connectivity index (χ2n) is 8.41. The number of benzene rings is 1. The number of carbonyl (C=O) groups is 2. The molecule has 2 unspecified atom stereocenters. The van der Waals surface area contributed by atoms with E-state index in [1.165, 1.54) is 4.57 Å². The van der Waals surface area contributed by atoms with Crippen molar-refractivity contribution in [2.24, 2.45) is 17.8 Å². The third kappa shape index (κ3) is 4.50. The second kappa shape index (κ2) is 9.65. The van der Waals surface area contributed by atoms with Gasteiger partial charge in [0.25, 0.3) is 5.56 Å². The maximum Gasteiger partial charge on any atom is 0.259 e. The Morgan fingerprint density at radius 1 is 1.16 bits per heavy atom. The number of likely N-dealkylation sites (N-methyl/N-ethyl adjacent to an activating group) is 1. The van der Waals surface area contributed by atoms with Crippen LogP contribution in [0.3, 0.4) is 0 Å². The van der Waals surface area contributed by atoms with Crippen molar-refractivity contribution >= 4 is 28.3 Å². The van der Waals surface area contributed by atoms with Crippen LogP contribution < -0.4 is 16.2 Å². The highest BCUT2D eigenvalue weighted by Gasteiger charge is 2.26. The van der Waals surface area contributed by atoms with E-state index in [-0.39, 0.29) is 35.1 Å². The smallest absolute Gasteiger partial charge is 0.259 e. The Labute approximate surface area is 187 Å². The summed E-state index contributed by atoms with van der Waals surface area (Å²) in [6.07, 6.45) is 7.73. The molecule has 2 aromatic rings. The molecule has 3 rings (SSSR count). The number of carbonyl (C=O) groups excluding carboxylic acids is 2. The van der Waals surface area contributed by atoms with E-state index in [9.17, 15) is 14.4 Å². The van der Waals surface area contributed by atoms with Crippen molar-refractivity contribution in [3.63, 3.8) is 0 Å². The van der Waals surface area contributed by atoms with Crippen LogP contribution in [-0.4, -0.2) is 23.4 Å². The van der Waals surface area contributed by atoms with Crippen LogP contribution in [0.2, 0.25) is 0 Å². The molecule has 1 aromatic heterocycles. The molecule has 1 aromatic carbocycles. The maximum absolute atomic E-state index is 13.2. The maximum atomic E-state index is 13.2. The standard InChI is InChI=1S/C25H28N4O3/c1-15(2)22(24(31)27-4)29-13-12-19-20(25(29)32)6-5-7-21(19)28-23(30)16(3)18-10-8-17(14-26)9-11-18/h5-10,12-13,15-16,18,22H,11H2,1-4H3,(H,27,31)(H,28,30)/t16?,18?,22-/m1/s1. The van der Waals surface area contributed by atoms with Crippen molar-refractivity contribution in [3.05, 3.63) is 64.6 Å². The number of anilines is 1. The molecule has 0 spiro atoms. The zero-order chi connectivity index (χ0) is 23.4. The Morgan fingerprint density at radius 3 is 2.50 bits per heavy atom. The summed E-state index contributed by atoms with van der Waals surface area (Å²) in [4.78, 5) is 38.5. The van der Waals surface area contributed by atoms with Gasteiger partial charge in [0, 0.05) is 41.2 Å². The zero-order valence-electron chi connectivity index (χ0n) is 18.8. The summed E-state index contributed by atoms with van der Waals surface area (Å²) in [5.41, 5.74) is 0.881. The van der Waals surface area contributed by atoms with Gasteiger partial charge in [-0.3, -0.25) is 14.4 Å². The Balaban J connectivity index is 1.90. The van der Waals surface area contributed by atoms with Crippen molar-refractivity contribution in [1.29, 1.82) is 5.26 Å². The van der Waals surface area contributed by atoms with Crippen LogP contribution in [-0.2, 0) is 9.59 Å². The van der Waals surface area contributed by atoms with Gasteiger partial charge in [-0.15, -0.1) is 0 Å². The average molecular weight is 433 g/mol. The first kappa shape index (κ1) is 23.0. The van der Waals surface area contributed by atoms with Crippen LogP contribution >= 0.6 is 0 Å². The Morgan fingerprint density at radius 2 is 1.91 bits per heavy atom. The molecule has 1 aliphatic rings. The minimum Gasteiger partial charge on any atom is -0.357 e. The largest absolute Gasteiger partial charge is 0.357 e. The molecule has 0 bridgehead atoms. The van der Waals surface area contributed by atoms with E-state index >= 15 is 0 Å². The van der Waals surface area contributed by atoms with Crippen molar-refractivity contribution in [1.82, 2.24) is 9.88 Å². The molecule has 0 saturated carbocycles. The number of hydrogen-bond acceptors (Lipinski definition) is 4. The number of hydrogen-bond donors (Lipinski definition) is 2. The monoisotopic (exact) mass is 432 g/mol. The molecule has 3 atom stereocenters. The van der Waals surface area contributed by atoms with Crippen LogP contribution in [0.4, 0.5) is 5.69 Å². The van der Waals surface area contributed by atoms with Gasteiger partial charge in [0.15, 0.2) is 0 Å². The van der Waals surface area contributed by atoms with Crippen LogP contribution in [0.5, 0.6) is 0 Å². The van der Waals surface area contributed by atoms with E-state index in [0.717, 1.165) is 0 Å². The summed E-state index contributed by atoms with van der Waals surface area (Å²) >= 11 is 0. The van der Waals surface area contributed by atoms with Gasteiger partial charge in [0.1, 0.15) is 6.04 Å². The van der Waals surface area contributed by atoms with Gasteiger partial charge < -0.3 is 15.2 Å². The van der Waals surface area contributed by atoms with Crippen molar-refractivity contribution in [2.75, 3.05) is 12.4 Å². The fraction of sp³-hybridized carbons (Fsp3) is 0.360. The molecule has 166 valence electrons. The third-order valence-corrected chi connectivity index (χ3v) is 5.99. The number of rotatable bonds is 6. The Kier molecular flexibility index (Phi) is 6.94. The molecule has 32 heavy (non-hydrogen) atoms. The molecular formula is C25H28N4O3. The molecule has 7 heteroatoms. The second-order valence-corrected chi connectivity index (χ2v) is 8.41. The van der Waals surface area contributed by atoms with Crippen LogP contribution in [0.15, 0.2) is 59.1 Å². The molecule has 1 heterocycles. The lowest BCUT2D eigenvalue weighted by molar-refractivity contribution is -0.125. The summed E-state index contributed by atoms with van der Waals surface area (Å²) in [6, 6.07) is 8.43. The van der Waals surface area contributed by atoms with Gasteiger partial charge in [-0.25, -0.2) is 0 Å². The van der Waals surface area contributed by atoms with E-state index in [2.05, 4.69) is 16.7 Å². The van der Waals surface area contributed by atoms with Crippen LogP contribution in [0.25, 0.3) is 10.8 Å². The first-order valence-electron chi connectivity index (χ1n) is 10.7. The highest BCUT2D eigenvalue weighted by atomic mass is 16.2. The number of amides is 2. The summed E-state index contributed by atoms with van der Waals surface area (Å²) in [6.45, 7) is 5.64. The lowest BCUT2D eigenvalue weighted by atomic mass is 9.86. The molecule has 2 N–H and O–H groups in total. The van der Waals surface area contributed by atoms with E-state index in [4.69, 9.17) is 5.26 Å². The first-order chi connectivity index (χ1) is 15.3. The number of nitriles is 1. The fourth-order valence-electron chi connectivity index (χ4n) is 4.05. The number of fused-ring (bicyclic) bond motifs is 1. The molecular weight excluding hydrogens is 404 g/mol. The molecule has 1 aliphatic carbocycles. The molecule has 2 amide bonds. The van der Waals surface area contributed by atoms with E-state index in [1.807, 2.05) is 32.9 Å². The minimum absolute atomic E-state index is 0.00124. The quantitative estimate of drug-likeness (QED) is 0.728. The minimum atomic E-state index is -0.625. The summed E-state index contributed by atoms with van der Waals surface area (Å²) in [5.74, 6) is -0.770. The van der Waals surface area contributed by atoms with Gasteiger partial charge in [0.05, 0.1) is 6.07 Å². The third-order valence-electron chi connectivity index (χ3n) is 5.99. The average Bonchev–Trinajstić information content (AvgIpc) is 2.80. The van der Waals surface area contributed by atoms with Gasteiger partial charge in [-0.05, 0) is 42.5 Å². The van der Waals surface area contributed by atoms with Gasteiger partial charge in [-0.1, -0.05) is 39.0 Å². The van der Waals surface area contributed by atoms with Gasteiger partial charge >= 0.3 is 0 Å². The number of nitrogens with zero attached hydrogens (tertiary/aromatic N) is 2. The molecule has 0 fully saturated rings. The number of aromatic nitrogens is 1. The Hall–Kier alpha value is -3.66. The zero-order valence-corrected chi connectivity index (χ0v) is 18.8. The Bertz CT molecular complexity index is 1200. The van der Waals surface area contributed by atoms with Crippen molar-refractivity contribution in [2.45, 2.75) is 33.2 Å². The van der Waals surface area contributed by atoms with Crippen LogP contribution in [0, 0.1) is 29.1 Å².